The lowest BCUT2D eigenvalue weighted by molar-refractivity contribution is 0.0369. The maximum absolute atomic E-state index is 11.6. The van der Waals surface area contributed by atoms with Crippen LogP contribution in [0.4, 0.5) is 9.59 Å². The maximum Gasteiger partial charge on any atom is 0.407 e. The predicted molar refractivity (Wildman–Crippen MR) is 75.5 cm³/mol. The molecule has 0 radical (unpaired) electrons. The van der Waals surface area contributed by atoms with Crippen molar-refractivity contribution in [3.05, 3.63) is 0 Å². The molecule has 1 aliphatic rings. The molecule has 1 aliphatic carbocycles. The SMILES string of the molecule is CC(C)(C)OC(=O)N[C@H]1CC[C@@H]1NC(=O)OC(C)(C)C. The van der Waals surface area contributed by atoms with Gasteiger partial charge in [0.15, 0.2) is 0 Å². The summed E-state index contributed by atoms with van der Waals surface area (Å²) in [4.78, 5) is 23.3. The van der Waals surface area contributed by atoms with Crippen LogP contribution in [-0.4, -0.2) is 35.5 Å². The number of nitrogens with one attached hydrogen (secondary N) is 2. The molecule has 1 rings (SSSR count). The van der Waals surface area contributed by atoms with Crippen LogP contribution in [0.15, 0.2) is 0 Å². The van der Waals surface area contributed by atoms with E-state index in [2.05, 4.69) is 10.6 Å². The number of hydrogen-bond acceptors (Lipinski definition) is 4. The highest BCUT2D eigenvalue weighted by molar-refractivity contribution is 5.70. The lowest BCUT2D eigenvalue weighted by Gasteiger charge is -2.38. The first-order valence-corrected chi connectivity index (χ1v) is 6.95. The van der Waals surface area contributed by atoms with Gasteiger partial charge in [0.25, 0.3) is 0 Å². The van der Waals surface area contributed by atoms with Crippen LogP contribution >= 0.6 is 0 Å². The van der Waals surface area contributed by atoms with Crippen molar-refractivity contribution in [3.63, 3.8) is 0 Å². The highest BCUT2D eigenvalue weighted by Crippen LogP contribution is 2.21. The second-order valence-electron chi connectivity index (χ2n) is 7.08. The van der Waals surface area contributed by atoms with Crippen LogP contribution in [0.1, 0.15) is 54.4 Å². The van der Waals surface area contributed by atoms with Gasteiger partial charge < -0.3 is 20.1 Å². The highest BCUT2D eigenvalue weighted by atomic mass is 16.6. The van der Waals surface area contributed by atoms with Crippen LogP contribution in [0.25, 0.3) is 0 Å². The van der Waals surface area contributed by atoms with E-state index in [1.54, 1.807) is 0 Å². The largest absolute Gasteiger partial charge is 0.444 e. The monoisotopic (exact) mass is 286 g/mol. The summed E-state index contributed by atoms with van der Waals surface area (Å²) in [7, 11) is 0. The van der Waals surface area contributed by atoms with Crippen molar-refractivity contribution in [2.75, 3.05) is 0 Å². The number of hydrogen-bond donors (Lipinski definition) is 2. The molecule has 0 aliphatic heterocycles. The Hall–Kier alpha value is -1.46. The Bertz CT molecular complexity index is 332. The quantitative estimate of drug-likeness (QED) is 0.818. The van der Waals surface area contributed by atoms with E-state index in [0.717, 1.165) is 12.8 Å². The van der Waals surface area contributed by atoms with E-state index >= 15 is 0 Å². The Morgan fingerprint density at radius 3 is 1.30 bits per heavy atom. The molecule has 20 heavy (non-hydrogen) atoms. The van der Waals surface area contributed by atoms with Crippen LogP contribution in [-0.2, 0) is 9.47 Å². The van der Waals surface area contributed by atoms with Crippen molar-refractivity contribution >= 4 is 12.2 Å². The third kappa shape index (κ3) is 6.12. The molecule has 0 aromatic carbocycles. The fraction of sp³-hybridized carbons (Fsp3) is 0.857. The van der Waals surface area contributed by atoms with Gasteiger partial charge in [-0.1, -0.05) is 0 Å². The predicted octanol–water partition coefficient (Wildman–Crippen LogP) is 2.57. The molecule has 2 N–H and O–H groups in total. The van der Waals surface area contributed by atoms with Crippen molar-refractivity contribution in [2.24, 2.45) is 0 Å². The summed E-state index contributed by atoms with van der Waals surface area (Å²) < 4.78 is 10.4. The zero-order chi connectivity index (χ0) is 15.6. The first-order valence-electron chi connectivity index (χ1n) is 6.95. The minimum Gasteiger partial charge on any atom is -0.444 e. The standard InChI is InChI=1S/C14H26N2O4/c1-13(2,3)19-11(17)15-9-7-8-10(9)16-12(18)20-14(4,5)6/h9-10H,7-8H2,1-6H3,(H,15,17)(H,16,18)/t9-,10-/m0/s1. The normalized spacial score (nSPS) is 22.5. The fourth-order valence-corrected chi connectivity index (χ4v) is 1.76. The number of carbonyl (C=O) groups is 2. The minimum absolute atomic E-state index is 0.0997. The third-order valence-corrected chi connectivity index (χ3v) is 2.68. The van der Waals surface area contributed by atoms with E-state index in [1.165, 1.54) is 0 Å². The van der Waals surface area contributed by atoms with Crippen molar-refractivity contribution < 1.29 is 19.1 Å². The van der Waals surface area contributed by atoms with E-state index in [0.29, 0.717) is 0 Å². The number of carbonyl (C=O) groups excluding carboxylic acids is 2. The van der Waals surface area contributed by atoms with E-state index in [4.69, 9.17) is 9.47 Å². The first kappa shape index (κ1) is 16.6. The summed E-state index contributed by atoms with van der Waals surface area (Å²) in [5.41, 5.74) is -1.05. The van der Waals surface area contributed by atoms with Gasteiger partial charge in [0, 0.05) is 0 Å². The number of alkyl carbamates (subject to hydrolysis) is 2. The summed E-state index contributed by atoms with van der Waals surface area (Å²) in [5.74, 6) is 0. The molecule has 0 unspecified atom stereocenters. The highest BCUT2D eigenvalue weighted by Gasteiger charge is 2.35. The van der Waals surface area contributed by atoms with Gasteiger partial charge >= 0.3 is 12.2 Å². The second kappa shape index (κ2) is 5.89. The van der Waals surface area contributed by atoms with Gasteiger partial charge in [-0.3, -0.25) is 0 Å². The molecule has 0 aromatic heterocycles. The van der Waals surface area contributed by atoms with Gasteiger partial charge in [-0.2, -0.15) is 0 Å². The lowest BCUT2D eigenvalue weighted by Crippen LogP contribution is -2.59. The van der Waals surface area contributed by atoms with Crippen LogP contribution < -0.4 is 10.6 Å². The average molecular weight is 286 g/mol. The second-order valence-corrected chi connectivity index (χ2v) is 7.08. The molecule has 0 aromatic rings. The third-order valence-electron chi connectivity index (χ3n) is 2.68. The Morgan fingerprint density at radius 2 is 1.10 bits per heavy atom. The summed E-state index contributed by atoms with van der Waals surface area (Å²) >= 11 is 0. The van der Waals surface area contributed by atoms with Crippen molar-refractivity contribution in [1.82, 2.24) is 10.6 Å². The molecule has 0 bridgehead atoms. The molecule has 1 fully saturated rings. The van der Waals surface area contributed by atoms with Crippen LogP contribution in [0.2, 0.25) is 0 Å². The molecule has 0 spiro atoms. The molecule has 6 heteroatoms. The Morgan fingerprint density at radius 1 is 0.800 bits per heavy atom. The molecule has 2 atom stereocenters. The van der Waals surface area contributed by atoms with Gasteiger partial charge in [-0.25, -0.2) is 9.59 Å². The van der Waals surface area contributed by atoms with E-state index in [-0.39, 0.29) is 12.1 Å². The van der Waals surface area contributed by atoms with Crippen molar-refractivity contribution in [1.29, 1.82) is 0 Å². The smallest absolute Gasteiger partial charge is 0.407 e. The van der Waals surface area contributed by atoms with Gasteiger partial charge in [0.1, 0.15) is 11.2 Å². The average Bonchev–Trinajstić information content (AvgIpc) is 2.16. The number of ether oxygens (including phenoxy) is 2. The molecule has 6 nitrogen and oxygen atoms in total. The molecule has 0 heterocycles. The zero-order valence-corrected chi connectivity index (χ0v) is 13.2. The summed E-state index contributed by atoms with van der Waals surface area (Å²) in [6, 6.07) is -0.199. The summed E-state index contributed by atoms with van der Waals surface area (Å²) in [6.45, 7) is 10.9. The van der Waals surface area contributed by atoms with E-state index in [1.807, 2.05) is 41.5 Å². The zero-order valence-electron chi connectivity index (χ0n) is 13.2. The molecule has 116 valence electrons. The van der Waals surface area contributed by atoms with Crippen LogP contribution in [0, 0.1) is 0 Å². The van der Waals surface area contributed by atoms with Crippen molar-refractivity contribution in [3.8, 4) is 0 Å². The first-order chi connectivity index (χ1) is 8.96. The maximum atomic E-state index is 11.6. The van der Waals surface area contributed by atoms with Crippen molar-refractivity contribution in [2.45, 2.75) is 77.7 Å². The van der Waals surface area contributed by atoms with Gasteiger partial charge in [0.05, 0.1) is 12.1 Å². The molecule has 0 saturated heterocycles. The molecule has 2 amide bonds. The summed E-state index contributed by atoms with van der Waals surface area (Å²) in [6.07, 6.45) is 0.718. The number of rotatable bonds is 2. The van der Waals surface area contributed by atoms with Gasteiger partial charge in [-0.05, 0) is 54.4 Å². The topological polar surface area (TPSA) is 76.7 Å². The van der Waals surface area contributed by atoms with Gasteiger partial charge in [-0.15, -0.1) is 0 Å². The molecular weight excluding hydrogens is 260 g/mol. The molecular formula is C14H26N2O4. The Balaban J connectivity index is 2.36. The Labute approximate surface area is 120 Å². The van der Waals surface area contributed by atoms with E-state index < -0.39 is 23.4 Å². The summed E-state index contributed by atoms with van der Waals surface area (Å²) in [5, 5.41) is 5.52. The van der Waals surface area contributed by atoms with Gasteiger partial charge in [0.2, 0.25) is 0 Å². The lowest BCUT2D eigenvalue weighted by atomic mass is 9.86. The minimum atomic E-state index is -0.526. The van der Waals surface area contributed by atoms with Crippen LogP contribution in [0.3, 0.4) is 0 Å². The Kier molecular flexibility index (Phi) is 4.89. The fourth-order valence-electron chi connectivity index (χ4n) is 1.76. The van der Waals surface area contributed by atoms with E-state index in [9.17, 15) is 9.59 Å². The molecule has 1 saturated carbocycles. The van der Waals surface area contributed by atoms with Crippen LogP contribution in [0.5, 0.6) is 0 Å². The number of amides is 2.